The summed E-state index contributed by atoms with van der Waals surface area (Å²) in [7, 11) is 0. The SMILES string of the molecule is CCCCCOc1ccc(C#Cc2ccc(-c3ccc(CCCC)cc3)cc2)c(F)c1F. The molecule has 0 spiro atoms. The van der Waals surface area contributed by atoms with E-state index in [4.69, 9.17) is 4.74 Å². The molecule has 3 rings (SSSR count). The molecule has 0 heterocycles. The predicted octanol–water partition coefficient (Wildman–Crippen LogP) is 7.94. The highest BCUT2D eigenvalue weighted by Gasteiger charge is 2.13. The molecule has 0 saturated heterocycles. The summed E-state index contributed by atoms with van der Waals surface area (Å²) >= 11 is 0. The van der Waals surface area contributed by atoms with E-state index in [2.05, 4.69) is 50.0 Å². The molecule has 0 fully saturated rings. The van der Waals surface area contributed by atoms with Gasteiger partial charge in [0.1, 0.15) is 0 Å². The average Bonchev–Trinajstić information content (AvgIpc) is 2.83. The topological polar surface area (TPSA) is 9.23 Å². The van der Waals surface area contributed by atoms with Crippen LogP contribution in [0.3, 0.4) is 0 Å². The summed E-state index contributed by atoms with van der Waals surface area (Å²) in [6, 6.07) is 19.3. The minimum absolute atomic E-state index is 0.0233. The van der Waals surface area contributed by atoms with E-state index in [1.165, 1.54) is 30.5 Å². The Morgan fingerprint density at radius 3 is 2.00 bits per heavy atom. The monoisotopic (exact) mass is 432 g/mol. The molecule has 3 aromatic rings. The lowest BCUT2D eigenvalue weighted by Gasteiger charge is -2.08. The highest BCUT2D eigenvalue weighted by Crippen LogP contribution is 2.23. The van der Waals surface area contributed by atoms with Crippen LogP contribution in [0.15, 0.2) is 60.7 Å². The second kappa shape index (κ2) is 12.1. The van der Waals surface area contributed by atoms with Crippen LogP contribution < -0.4 is 4.74 Å². The molecule has 0 bridgehead atoms. The largest absolute Gasteiger partial charge is 0.490 e. The zero-order valence-electron chi connectivity index (χ0n) is 18.9. The van der Waals surface area contributed by atoms with E-state index in [0.29, 0.717) is 6.61 Å². The summed E-state index contributed by atoms with van der Waals surface area (Å²) in [6.45, 7) is 4.65. The van der Waals surface area contributed by atoms with Gasteiger partial charge in [-0.05, 0) is 60.2 Å². The van der Waals surface area contributed by atoms with Gasteiger partial charge >= 0.3 is 0 Å². The first-order chi connectivity index (χ1) is 15.6. The van der Waals surface area contributed by atoms with Gasteiger partial charge in [0.05, 0.1) is 12.2 Å². The van der Waals surface area contributed by atoms with E-state index in [0.717, 1.165) is 42.4 Å². The molecule has 1 nitrogen and oxygen atoms in total. The zero-order valence-corrected chi connectivity index (χ0v) is 18.9. The molecule has 0 aliphatic heterocycles. The number of benzene rings is 3. The number of aryl methyl sites for hydroxylation is 1. The van der Waals surface area contributed by atoms with Crippen molar-refractivity contribution in [3.63, 3.8) is 0 Å². The summed E-state index contributed by atoms with van der Waals surface area (Å²) in [4.78, 5) is 0. The number of halogens is 2. The second-order valence-corrected chi connectivity index (χ2v) is 7.92. The highest BCUT2D eigenvalue weighted by atomic mass is 19.2. The van der Waals surface area contributed by atoms with Crippen LogP contribution in [0.5, 0.6) is 5.75 Å². The van der Waals surface area contributed by atoms with Gasteiger partial charge in [0.15, 0.2) is 11.6 Å². The molecule has 166 valence electrons. The van der Waals surface area contributed by atoms with E-state index < -0.39 is 11.6 Å². The van der Waals surface area contributed by atoms with Crippen molar-refractivity contribution >= 4 is 0 Å². The van der Waals surface area contributed by atoms with Crippen LogP contribution in [0, 0.1) is 23.5 Å². The number of unbranched alkanes of at least 4 members (excludes halogenated alkanes) is 3. The summed E-state index contributed by atoms with van der Waals surface area (Å²) in [5.74, 6) is 3.65. The van der Waals surface area contributed by atoms with Crippen LogP contribution >= 0.6 is 0 Å². The van der Waals surface area contributed by atoms with Crippen molar-refractivity contribution in [1.29, 1.82) is 0 Å². The van der Waals surface area contributed by atoms with Crippen LogP contribution in [-0.2, 0) is 6.42 Å². The number of hydrogen-bond donors (Lipinski definition) is 0. The molecule has 0 amide bonds. The maximum absolute atomic E-state index is 14.4. The molecular weight excluding hydrogens is 402 g/mol. The van der Waals surface area contributed by atoms with E-state index in [-0.39, 0.29) is 11.3 Å². The van der Waals surface area contributed by atoms with Gasteiger partial charge in [-0.3, -0.25) is 0 Å². The predicted molar refractivity (Wildman–Crippen MR) is 128 cm³/mol. The smallest absolute Gasteiger partial charge is 0.201 e. The minimum Gasteiger partial charge on any atom is -0.490 e. The van der Waals surface area contributed by atoms with Gasteiger partial charge in [0, 0.05) is 5.56 Å². The number of rotatable bonds is 9. The zero-order chi connectivity index (χ0) is 22.8. The highest BCUT2D eigenvalue weighted by molar-refractivity contribution is 5.64. The van der Waals surface area contributed by atoms with Gasteiger partial charge in [-0.2, -0.15) is 4.39 Å². The first-order valence-electron chi connectivity index (χ1n) is 11.4. The fourth-order valence-corrected chi connectivity index (χ4v) is 3.40. The standard InChI is InChI=1S/C29H30F2O/c1-3-5-7-21-32-27-20-19-26(28(30)29(27)31)18-13-23-11-16-25(17-12-23)24-14-9-22(10-15-24)8-6-4-2/h9-12,14-17,19-20H,3-8,21H2,1-2H3. The van der Waals surface area contributed by atoms with Crippen molar-refractivity contribution in [2.75, 3.05) is 6.61 Å². The van der Waals surface area contributed by atoms with Crippen LogP contribution in [0.4, 0.5) is 8.78 Å². The third-order valence-corrected chi connectivity index (χ3v) is 5.39. The Hall–Kier alpha value is -3.12. The molecular formula is C29H30F2O. The third kappa shape index (κ3) is 6.44. The average molecular weight is 433 g/mol. The molecule has 0 aliphatic rings. The van der Waals surface area contributed by atoms with Crippen molar-refractivity contribution in [3.05, 3.63) is 89.0 Å². The van der Waals surface area contributed by atoms with Gasteiger partial charge in [0.25, 0.3) is 0 Å². The Morgan fingerprint density at radius 1 is 0.688 bits per heavy atom. The molecule has 3 aromatic carbocycles. The van der Waals surface area contributed by atoms with E-state index >= 15 is 0 Å². The normalized spacial score (nSPS) is 10.5. The quantitative estimate of drug-likeness (QED) is 0.246. The summed E-state index contributed by atoms with van der Waals surface area (Å²) < 4.78 is 34.0. The third-order valence-electron chi connectivity index (χ3n) is 5.39. The van der Waals surface area contributed by atoms with E-state index in [1.54, 1.807) is 0 Å². The first kappa shape index (κ1) is 23.5. The van der Waals surface area contributed by atoms with Crippen molar-refractivity contribution in [1.82, 2.24) is 0 Å². The molecule has 0 N–H and O–H groups in total. The first-order valence-corrected chi connectivity index (χ1v) is 11.4. The molecule has 0 atom stereocenters. The lowest BCUT2D eigenvalue weighted by atomic mass is 10.0. The molecule has 0 unspecified atom stereocenters. The second-order valence-electron chi connectivity index (χ2n) is 7.92. The van der Waals surface area contributed by atoms with Crippen molar-refractivity contribution < 1.29 is 13.5 Å². The maximum atomic E-state index is 14.4. The molecule has 32 heavy (non-hydrogen) atoms. The summed E-state index contributed by atoms with van der Waals surface area (Å²) in [6.07, 6.45) is 6.36. The van der Waals surface area contributed by atoms with Crippen LogP contribution in [0.2, 0.25) is 0 Å². The lowest BCUT2D eigenvalue weighted by molar-refractivity contribution is 0.286. The Bertz CT molecular complexity index is 1060. The van der Waals surface area contributed by atoms with Gasteiger partial charge in [-0.25, -0.2) is 4.39 Å². The molecule has 0 aromatic heterocycles. The summed E-state index contributed by atoms with van der Waals surface area (Å²) in [5.41, 5.74) is 4.36. The number of ether oxygens (including phenoxy) is 1. The van der Waals surface area contributed by atoms with Crippen LogP contribution in [-0.4, -0.2) is 6.61 Å². The fraction of sp³-hybridized carbons (Fsp3) is 0.310. The summed E-state index contributed by atoms with van der Waals surface area (Å²) in [5, 5.41) is 0. The van der Waals surface area contributed by atoms with E-state index in [9.17, 15) is 8.78 Å². The Labute approximate surface area is 190 Å². The minimum atomic E-state index is -0.981. The van der Waals surface area contributed by atoms with Crippen molar-refractivity contribution in [2.24, 2.45) is 0 Å². The molecule has 0 radical (unpaired) electrons. The molecule has 3 heteroatoms. The van der Waals surface area contributed by atoms with Crippen molar-refractivity contribution in [3.8, 4) is 28.7 Å². The number of hydrogen-bond acceptors (Lipinski definition) is 1. The van der Waals surface area contributed by atoms with Gasteiger partial charge in [-0.1, -0.05) is 81.3 Å². The van der Waals surface area contributed by atoms with Gasteiger partial charge in [0.2, 0.25) is 5.82 Å². The van der Waals surface area contributed by atoms with Gasteiger partial charge < -0.3 is 4.74 Å². The van der Waals surface area contributed by atoms with Crippen LogP contribution in [0.1, 0.15) is 62.6 Å². The Balaban J connectivity index is 1.67. The molecule has 0 aliphatic carbocycles. The Morgan fingerprint density at radius 2 is 1.34 bits per heavy atom. The van der Waals surface area contributed by atoms with Crippen molar-refractivity contribution in [2.45, 2.75) is 52.4 Å². The van der Waals surface area contributed by atoms with Crippen LogP contribution in [0.25, 0.3) is 11.1 Å². The molecule has 0 saturated carbocycles. The van der Waals surface area contributed by atoms with E-state index in [1.807, 2.05) is 24.3 Å². The van der Waals surface area contributed by atoms with Gasteiger partial charge in [-0.15, -0.1) is 0 Å². The fourth-order valence-electron chi connectivity index (χ4n) is 3.40. The Kier molecular flexibility index (Phi) is 8.87. The maximum Gasteiger partial charge on any atom is 0.201 e. The lowest BCUT2D eigenvalue weighted by Crippen LogP contribution is -2.01.